The Bertz CT molecular complexity index is 617. The van der Waals surface area contributed by atoms with E-state index in [1.54, 1.807) is 24.3 Å². The quantitative estimate of drug-likeness (QED) is 0.878. The van der Waals surface area contributed by atoms with Crippen molar-refractivity contribution in [2.24, 2.45) is 0 Å². The summed E-state index contributed by atoms with van der Waals surface area (Å²) in [6.45, 7) is 0. The Morgan fingerprint density at radius 2 is 2.00 bits per heavy atom. The number of amides is 1. The Hall–Kier alpha value is -1.26. The predicted octanol–water partition coefficient (Wildman–Crippen LogP) is 4.49. The van der Waals surface area contributed by atoms with Crippen LogP contribution in [0.3, 0.4) is 0 Å². The molecule has 1 aliphatic carbocycles. The third-order valence-electron chi connectivity index (χ3n) is 3.09. The zero-order chi connectivity index (χ0) is 13.4. The highest BCUT2D eigenvalue weighted by Gasteiger charge is 2.27. The highest BCUT2D eigenvalue weighted by Crippen LogP contribution is 2.37. The molecule has 1 aromatic carbocycles. The van der Waals surface area contributed by atoms with Gasteiger partial charge in [-0.15, -0.1) is 0 Å². The molecule has 0 aliphatic heterocycles. The number of nitrogens with zero attached hydrogens (tertiary/aromatic N) is 1. The van der Waals surface area contributed by atoms with Crippen molar-refractivity contribution >= 4 is 39.1 Å². The van der Waals surface area contributed by atoms with Gasteiger partial charge in [0.15, 0.2) is 0 Å². The van der Waals surface area contributed by atoms with Crippen molar-refractivity contribution in [3.63, 3.8) is 0 Å². The molecule has 5 heteroatoms. The van der Waals surface area contributed by atoms with Gasteiger partial charge in [0, 0.05) is 27.4 Å². The van der Waals surface area contributed by atoms with Gasteiger partial charge >= 0.3 is 0 Å². The van der Waals surface area contributed by atoms with Crippen LogP contribution in [0.1, 0.15) is 29.4 Å². The van der Waals surface area contributed by atoms with Gasteiger partial charge in [0.1, 0.15) is 5.69 Å². The van der Waals surface area contributed by atoms with E-state index in [0.29, 0.717) is 16.8 Å². The molecule has 0 saturated heterocycles. The lowest BCUT2D eigenvalue weighted by atomic mass is 10.3. The van der Waals surface area contributed by atoms with E-state index in [2.05, 4.69) is 21.2 Å². The van der Waals surface area contributed by atoms with Crippen LogP contribution in [-0.4, -0.2) is 10.5 Å². The Labute approximate surface area is 124 Å². The molecule has 1 heterocycles. The second kappa shape index (κ2) is 5.02. The summed E-state index contributed by atoms with van der Waals surface area (Å²) in [5, 5.41) is 3.54. The SMILES string of the molecule is O=C(Nc1ccc(Cl)cc1)c1cc(Br)cn1C1CC1. The third-order valence-corrected chi connectivity index (χ3v) is 3.78. The van der Waals surface area contributed by atoms with Gasteiger partial charge in [-0.2, -0.15) is 0 Å². The first kappa shape index (κ1) is 12.8. The number of carbonyl (C=O) groups is 1. The smallest absolute Gasteiger partial charge is 0.272 e. The summed E-state index contributed by atoms with van der Waals surface area (Å²) in [6.07, 6.45) is 4.25. The van der Waals surface area contributed by atoms with Gasteiger partial charge in [0.05, 0.1) is 0 Å². The predicted molar refractivity (Wildman–Crippen MR) is 79.8 cm³/mol. The van der Waals surface area contributed by atoms with E-state index >= 15 is 0 Å². The van der Waals surface area contributed by atoms with Gasteiger partial charge in [-0.25, -0.2) is 0 Å². The Balaban J connectivity index is 1.82. The zero-order valence-electron chi connectivity index (χ0n) is 10.1. The summed E-state index contributed by atoms with van der Waals surface area (Å²) >= 11 is 9.24. The minimum absolute atomic E-state index is 0.0973. The Kier molecular flexibility index (Phi) is 3.37. The molecule has 1 aromatic heterocycles. The van der Waals surface area contributed by atoms with Crippen LogP contribution in [0.5, 0.6) is 0 Å². The largest absolute Gasteiger partial charge is 0.339 e. The van der Waals surface area contributed by atoms with Crippen LogP contribution < -0.4 is 5.32 Å². The maximum Gasteiger partial charge on any atom is 0.272 e. The van der Waals surface area contributed by atoms with E-state index < -0.39 is 0 Å². The number of carbonyl (C=O) groups excluding carboxylic acids is 1. The maximum absolute atomic E-state index is 12.3. The topological polar surface area (TPSA) is 34.0 Å². The van der Waals surface area contributed by atoms with Crippen molar-refractivity contribution in [3.05, 3.63) is 51.7 Å². The van der Waals surface area contributed by atoms with E-state index in [1.807, 2.05) is 16.8 Å². The van der Waals surface area contributed by atoms with Gasteiger partial charge in [-0.05, 0) is 59.1 Å². The average molecular weight is 340 g/mol. The lowest BCUT2D eigenvalue weighted by Gasteiger charge is -2.08. The van der Waals surface area contributed by atoms with Crippen LogP contribution in [0.4, 0.5) is 5.69 Å². The zero-order valence-corrected chi connectivity index (χ0v) is 12.4. The molecule has 0 bridgehead atoms. The summed E-state index contributed by atoms with van der Waals surface area (Å²) in [4.78, 5) is 12.3. The Morgan fingerprint density at radius 3 is 2.63 bits per heavy atom. The summed E-state index contributed by atoms with van der Waals surface area (Å²) in [6, 6.07) is 9.42. The molecule has 1 N–H and O–H groups in total. The van der Waals surface area contributed by atoms with Crippen LogP contribution in [-0.2, 0) is 0 Å². The van der Waals surface area contributed by atoms with Crippen molar-refractivity contribution in [1.29, 1.82) is 0 Å². The van der Waals surface area contributed by atoms with E-state index in [9.17, 15) is 4.79 Å². The number of hydrogen-bond donors (Lipinski definition) is 1. The van der Waals surface area contributed by atoms with E-state index in [4.69, 9.17) is 11.6 Å². The van der Waals surface area contributed by atoms with Gasteiger partial charge < -0.3 is 9.88 Å². The van der Waals surface area contributed by atoms with Gasteiger partial charge in [0.25, 0.3) is 5.91 Å². The standard InChI is InChI=1S/C14H12BrClN2O/c15-9-7-13(18(8-9)12-5-6-12)14(19)17-11-3-1-10(16)2-4-11/h1-4,7-8,12H,5-6H2,(H,17,19). The highest BCUT2D eigenvalue weighted by atomic mass is 79.9. The first-order valence-corrected chi connectivity index (χ1v) is 7.25. The Morgan fingerprint density at radius 1 is 1.32 bits per heavy atom. The third kappa shape index (κ3) is 2.85. The summed E-state index contributed by atoms with van der Waals surface area (Å²) in [5.74, 6) is -0.0973. The molecule has 0 spiro atoms. The molecular weight excluding hydrogens is 328 g/mol. The van der Waals surface area contributed by atoms with Gasteiger partial charge in [-0.3, -0.25) is 4.79 Å². The molecule has 1 amide bonds. The molecule has 1 aliphatic rings. The minimum atomic E-state index is -0.0973. The molecule has 0 atom stereocenters. The summed E-state index contributed by atoms with van der Waals surface area (Å²) in [5.41, 5.74) is 1.43. The number of anilines is 1. The molecule has 0 radical (unpaired) electrons. The normalized spacial score (nSPS) is 14.4. The minimum Gasteiger partial charge on any atom is -0.339 e. The molecule has 2 aromatic rings. The van der Waals surface area contributed by atoms with Crippen molar-refractivity contribution in [3.8, 4) is 0 Å². The van der Waals surface area contributed by atoms with E-state index in [1.165, 1.54) is 0 Å². The van der Waals surface area contributed by atoms with Crippen molar-refractivity contribution in [2.75, 3.05) is 5.32 Å². The number of aromatic nitrogens is 1. The number of rotatable bonds is 3. The van der Waals surface area contributed by atoms with Crippen LogP contribution in [0.25, 0.3) is 0 Å². The maximum atomic E-state index is 12.3. The monoisotopic (exact) mass is 338 g/mol. The number of benzene rings is 1. The number of nitrogens with one attached hydrogen (secondary N) is 1. The molecule has 3 nitrogen and oxygen atoms in total. The van der Waals surface area contributed by atoms with Crippen molar-refractivity contribution in [2.45, 2.75) is 18.9 Å². The molecule has 3 rings (SSSR count). The second-order valence-electron chi connectivity index (χ2n) is 4.64. The van der Waals surface area contributed by atoms with Crippen molar-refractivity contribution < 1.29 is 4.79 Å². The first-order valence-electron chi connectivity index (χ1n) is 6.08. The average Bonchev–Trinajstić information content (AvgIpc) is 3.15. The lowest BCUT2D eigenvalue weighted by molar-refractivity contribution is 0.101. The molecular formula is C14H12BrClN2O. The lowest BCUT2D eigenvalue weighted by Crippen LogP contribution is -2.16. The van der Waals surface area contributed by atoms with Gasteiger partial charge in [-0.1, -0.05) is 11.6 Å². The van der Waals surface area contributed by atoms with Gasteiger partial charge in [0.2, 0.25) is 0 Å². The molecule has 98 valence electrons. The van der Waals surface area contributed by atoms with Crippen LogP contribution >= 0.6 is 27.5 Å². The first-order chi connectivity index (χ1) is 9.13. The molecule has 0 unspecified atom stereocenters. The molecule has 19 heavy (non-hydrogen) atoms. The van der Waals surface area contributed by atoms with Crippen LogP contribution in [0, 0.1) is 0 Å². The fourth-order valence-corrected chi connectivity index (χ4v) is 2.57. The summed E-state index contributed by atoms with van der Waals surface area (Å²) in [7, 11) is 0. The number of halogens is 2. The van der Waals surface area contributed by atoms with Crippen molar-refractivity contribution in [1.82, 2.24) is 4.57 Å². The van der Waals surface area contributed by atoms with Crippen LogP contribution in [0.15, 0.2) is 41.0 Å². The molecule has 1 fully saturated rings. The number of hydrogen-bond acceptors (Lipinski definition) is 1. The molecule has 1 saturated carbocycles. The second-order valence-corrected chi connectivity index (χ2v) is 6.00. The van der Waals surface area contributed by atoms with E-state index in [0.717, 1.165) is 23.0 Å². The fourth-order valence-electron chi connectivity index (χ4n) is 2.01. The fraction of sp³-hybridized carbons (Fsp3) is 0.214. The highest BCUT2D eigenvalue weighted by molar-refractivity contribution is 9.10. The van der Waals surface area contributed by atoms with E-state index in [-0.39, 0.29) is 5.91 Å². The summed E-state index contributed by atoms with van der Waals surface area (Å²) < 4.78 is 2.97. The van der Waals surface area contributed by atoms with Crippen LogP contribution in [0.2, 0.25) is 5.02 Å².